The van der Waals surface area contributed by atoms with Crippen molar-refractivity contribution in [3.05, 3.63) is 50.3 Å². The van der Waals surface area contributed by atoms with E-state index in [0.29, 0.717) is 32.4 Å². The summed E-state index contributed by atoms with van der Waals surface area (Å²) in [5.41, 5.74) is 1.12. The first-order valence-corrected chi connectivity index (χ1v) is 9.60. The van der Waals surface area contributed by atoms with Crippen molar-refractivity contribution in [3.63, 3.8) is 0 Å². The maximum atomic E-state index is 13.9. The lowest BCUT2D eigenvalue weighted by atomic mass is 10.2. The molecule has 0 spiro atoms. The van der Waals surface area contributed by atoms with Gasteiger partial charge in [-0.15, -0.1) is 11.3 Å². The zero-order chi connectivity index (χ0) is 19.6. The summed E-state index contributed by atoms with van der Waals surface area (Å²) in [5.74, 6) is 0.206. The first-order chi connectivity index (χ1) is 12.9. The third-order valence-corrected chi connectivity index (χ3v) is 5.60. The Morgan fingerprint density at radius 1 is 1.33 bits per heavy atom. The summed E-state index contributed by atoms with van der Waals surface area (Å²) < 4.78 is 25.1. The number of carbonyl (C=O) groups is 1. The molecular weight excluding hydrogens is 437 g/mol. The van der Waals surface area contributed by atoms with Crippen molar-refractivity contribution in [2.45, 2.75) is 20.1 Å². The lowest BCUT2D eigenvalue weighted by Crippen LogP contribution is -2.23. The lowest BCUT2D eigenvalue weighted by Gasteiger charge is -2.07. The highest BCUT2D eigenvalue weighted by molar-refractivity contribution is 9.10. The molecule has 27 heavy (non-hydrogen) atoms. The molecule has 0 unspecified atom stereocenters. The quantitative estimate of drug-likeness (QED) is 0.610. The normalized spacial score (nSPS) is 11.0. The van der Waals surface area contributed by atoms with E-state index in [0.717, 1.165) is 10.0 Å². The van der Waals surface area contributed by atoms with E-state index < -0.39 is 0 Å². The van der Waals surface area contributed by atoms with Crippen LogP contribution in [0.25, 0.3) is 10.2 Å². The second kappa shape index (κ2) is 8.28. The zero-order valence-corrected chi connectivity index (χ0v) is 17.3. The van der Waals surface area contributed by atoms with Gasteiger partial charge in [-0.25, -0.2) is 9.37 Å². The summed E-state index contributed by atoms with van der Waals surface area (Å²) in [6.45, 7) is 2.14. The number of fused-ring (bicyclic) bond motifs is 1. The third-order valence-electron chi connectivity index (χ3n) is 3.92. The van der Waals surface area contributed by atoms with Crippen LogP contribution in [0.4, 0.5) is 4.39 Å². The number of benzene rings is 1. The van der Waals surface area contributed by atoms with Gasteiger partial charge in [0.05, 0.1) is 17.4 Å². The van der Waals surface area contributed by atoms with Crippen LogP contribution in [0, 0.1) is 12.7 Å². The van der Waals surface area contributed by atoms with E-state index >= 15 is 0 Å². The molecule has 6 nitrogen and oxygen atoms in total. The second-order valence-electron chi connectivity index (χ2n) is 5.74. The minimum absolute atomic E-state index is 0.0789. The van der Waals surface area contributed by atoms with E-state index in [2.05, 4.69) is 31.2 Å². The minimum Gasteiger partial charge on any atom is -0.480 e. The monoisotopic (exact) mass is 453 g/mol. The first-order valence-electron chi connectivity index (χ1n) is 7.99. The lowest BCUT2D eigenvalue weighted by molar-refractivity contribution is 0.0954. The molecule has 0 saturated carbocycles. The van der Waals surface area contributed by atoms with Crippen LogP contribution in [0.15, 0.2) is 22.7 Å². The highest BCUT2D eigenvalue weighted by Gasteiger charge is 2.21. The molecule has 9 heteroatoms. The van der Waals surface area contributed by atoms with E-state index in [1.807, 2.05) is 6.92 Å². The Bertz CT molecular complexity index is 1010. The van der Waals surface area contributed by atoms with Crippen molar-refractivity contribution in [1.82, 2.24) is 15.3 Å². The van der Waals surface area contributed by atoms with Crippen molar-refractivity contribution in [3.8, 4) is 5.88 Å². The molecule has 0 aliphatic carbocycles. The molecule has 1 aromatic carbocycles. The molecule has 1 N–H and O–H groups in total. The number of nitrogens with one attached hydrogen (secondary N) is 1. The number of aryl methyl sites for hydroxylation is 1. The number of amides is 1. The number of halogens is 2. The Labute approximate surface area is 167 Å². The average Bonchev–Trinajstić information content (AvgIpc) is 2.98. The van der Waals surface area contributed by atoms with E-state index in [1.54, 1.807) is 19.2 Å². The summed E-state index contributed by atoms with van der Waals surface area (Å²) in [4.78, 5) is 22.6. The van der Waals surface area contributed by atoms with E-state index in [-0.39, 0.29) is 24.9 Å². The van der Waals surface area contributed by atoms with Crippen molar-refractivity contribution < 1.29 is 18.7 Å². The number of methoxy groups -OCH3 is 2. The molecule has 0 aliphatic heterocycles. The molecule has 0 aliphatic rings. The third kappa shape index (κ3) is 4.10. The Balaban J connectivity index is 1.90. The number of ether oxygens (including phenoxy) is 2. The maximum absolute atomic E-state index is 13.9. The van der Waals surface area contributed by atoms with Gasteiger partial charge in [0.1, 0.15) is 17.3 Å². The number of aromatic nitrogens is 2. The highest BCUT2D eigenvalue weighted by Crippen LogP contribution is 2.35. The van der Waals surface area contributed by atoms with Crippen LogP contribution in [0.2, 0.25) is 0 Å². The van der Waals surface area contributed by atoms with Gasteiger partial charge in [-0.1, -0.05) is 15.9 Å². The van der Waals surface area contributed by atoms with Crippen molar-refractivity contribution in [2.75, 3.05) is 14.2 Å². The molecule has 3 rings (SSSR count). The van der Waals surface area contributed by atoms with Crippen LogP contribution in [0.1, 0.15) is 26.6 Å². The number of carbonyl (C=O) groups excluding carboxylic acids is 1. The van der Waals surface area contributed by atoms with E-state index in [1.165, 1.54) is 24.5 Å². The second-order valence-corrected chi connectivity index (χ2v) is 7.65. The highest BCUT2D eigenvalue weighted by atomic mass is 79.9. The SMILES string of the molecule is COCc1nc(OC)c2c(C)c(C(=O)NCc3cc(Br)ccc3F)sc2n1. The van der Waals surface area contributed by atoms with Crippen molar-refractivity contribution in [2.24, 2.45) is 0 Å². The van der Waals surface area contributed by atoms with Crippen molar-refractivity contribution >= 4 is 43.4 Å². The summed E-state index contributed by atoms with van der Waals surface area (Å²) >= 11 is 4.54. The van der Waals surface area contributed by atoms with Gasteiger partial charge in [0.25, 0.3) is 5.91 Å². The summed E-state index contributed by atoms with van der Waals surface area (Å²) in [7, 11) is 3.07. The smallest absolute Gasteiger partial charge is 0.261 e. The fraction of sp³-hybridized carbons (Fsp3) is 0.278. The number of nitrogens with zero attached hydrogens (tertiary/aromatic N) is 2. The molecular formula is C18H17BrFN3O3S. The van der Waals surface area contributed by atoms with Gasteiger partial charge in [-0.2, -0.15) is 4.98 Å². The summed E-state index contributed by atoms with van der Waals surface area (Å²) in [5, 5.41) is 3.45. The maximum Gasteiger partial charge on any atom is 0.261 e. The standard InChI is InChI=1S/C18H17BrFN3O3S/c1-9-14-17(26-3)22-13(8-25-2)23-18(14)27-15(9)16(24)21-7-10-6-11(19)4-5-12(10)20/h4-6H,7-8H2,1-3H3,(H,21,24). The van der Waals surface area contributed by atoms with Gasteiger partial charge in [-0.05, 0) is 30.7 Å². The number of rotatable bonds is 6. The van der Waals surface area contributed by atoms with Crippen LogP contribution < -0.4 is 10.1 Å². The van der Waals surface area contributed by atoms with Gasteiger partial charge >= 0.3 is 0 Å². The fourth-order valence-corrected chi connectivity index (χ4v) is 4.15. The fourth-order valence-electron chi connectivity index (χ4n) is 2.64. The van der Waals surface area contributed by atoms with E-state index in [9.17, 15) is 9.18 Å². The number of thiophene rings is 1. The molecule has 3 aromatic rings. The predicted octanol–water partition coefficient (Wildman–Crippen LogP) is 3.99. The minimum atomic E-state index is -0.372. The van der Waals surface area contributed by atoms with Gasteiger partial charge in [-0.3, -0.25) is 4.79 Å². The van der Waals surface area contributed by atoms with Gasteiger partial charge in [0.2, 0.25) is 5.88 Å². The molecule has 142 valence electrons. The topological polar surface area (TPSA) is 73.3 Å². The van der Waals surface area contributed by atoms with Gasteiger partial charge in [0.15, 0.2) is 5.82 Å². The molecule has 0 saturated heterocycles. The molecule has 0 radical (unpaired) electrons. The molecule has 0 bridgehead atoms. The Hall–Kier alpha value is -2.10. The average molecular weight is 454 g/mol. The molecule has 1 amide bonds. The Morgan fingerprint density at radius 3 is 2.81 bits per heavy atom. The Morgan fingerprint density at radius 2 is 2.11 bits per heavy atom. The van der Waals surface area contributed by atoms with Crippen LogP contribution in [0.5, 0.6) is 5.88 Å². The summed E-state index contributed by atoms with van der Waals surface area (Å²) in [6, 6.07) is 4.60. The van der Waals surface area contributed by atoms with Crippen LogP contribution in [0.3, 0.4) is 0 Å². The predicted molar refractivity (Wildman–Crippen MR) is 105 cm³/mol. The largest absolute Gasteiger partial charge is 0.480 e. The molecule has 2 aromatic heterocycles. The van der Waals surface area contributed by atoms with Crippen molar-refractivity contribution in [1.29, 1.82) is 0 Å². The summed E-state index contributed by atoms with van der Waals surface area (Å²) in [6.07, 6.45) is 0. The van der Waals surface area contributed by atoms with Gasteiger partial charge in [0, 0.05) is 23.7 Å². The van der Waals surface area contributed by atoms with Crippen LogP contribution >= 0.6 is 27.3 Å². The first kappa shape index (κ1) is 19.7. The van der Waals surface area contributed by atoms with Crippen LogP contribution in [-0.2, 0) is 17.9 Å². The number of hydrogen-bond acceptors (Lipinski definition) is 6. The van der Waals surface area contributed by atoms with Gasteiger partial charge < -0.3 is 14.8 Å². The van der Waals surface area contributed by atoms with E-state index in [4.69, 9.17) is 9.47 Å². The zero-order valence-electron chi connectivity index (χ0n) is 14.9. The molecule has 0 fully saturated rings. The molecule has 0 atom stereocenters. The Kier molecular flexibility index (Phi) is 6.03. The molecule has 2 heterocycles. The van der Waals surface area contributed by atoms with Crippen LogP contribution in [-0.4, -0.2) is 30.1 Å². The number of hydrogen-bond donors (Lipinski definition) is 1.